The van der Waals surface area contributed by atoms with Gasteiger partial charge in [-0.3, -0.25) is 4.79 Å². The molecule has 0 saturated carbocycles. The molecule has 29 heavy (non-hydrogen) atoms. The van der Waals surface area contributed by atoms with Crippen molar-refractivity contribution in [3.63, 3.8) is 0 Å². The number of sulfone groups is 1. The van der Waals surface area contributed by atoms with E-state index in [1.807, 2.05) is 0 Å². The van der Waals surface area contributed by atoms with Gasteiger partial charge in [0.25, 0.3) is 5.91 Å². The highest BCUT2D eigenvalue weighted by Crippen LogP contribution is 2.41. The van der Waals surface area contributed by atoms with Gasteiger partial charge in [0.15, 0.2) is 15.0 Å². The summed E-state index contributed by atoms with van der Waals surface area (Å²) in [4.78, 5) is 18.4. The third-order valence-corrected chi connectivity index (χ3v) is 8.65. The number of anilines is 1. The highest BCUT2D eigenvalue weighted by atomic mass is 35.5. The Labute approximate surface area is 181 Å². The molecule has 0 N–H and O–H groups in total. The standard InChI is InChI=1S/C19H15Cl2FN2O3S2/c20-13-4-2-1-3-11(13)7-18(25)23-19-24(12-5-6-14(21)15(22)8-12)16-9-29(26,27)10-17(16)28-19/h1-6,8,16-17H,7,9-10H2. The zero-order valence-electron chi connectivity index (χ0n) is 14.9. The molecule has 2 aliphatic rings. The van der Waals surface area contributed by atoms with Gasteiger partial charge in [-0.1, -0.05) is 53.2 Å². The van der Waals surface area contributed by atoms with E-state index in [2.05, 4.69) is 4.99 Å². The Balaban J connectivity index is 1.67. The number of fused-ring (bicyclic) bond motifs is 1. The van der Waals surface area contributed by atoms with Crippen LogP contribution >= 0.6 is 35.0 Å². The maximum Gasteiger partial charge on any atom is 0.252 e. The van der Waals surface area contributed by atoms with E-state index >= 15 is 0 Å². The van der Waals surface area contributed by atoms with Gasteiger partial charge in [0.05, 0.1) is 29.0 Å². The summed E-state index contributed by atoms with van der Waals surface area (Å²) in [6.07, 6.45) is 0.0141. The number of halogens is 3. The molecule has 0 aliphatic carbocycles. The smallest absolute Gasteiger partial charge is 0.252 e. The van der Waals surface area contributed by atoms with Crippen molar-refractivity contribution in [3.05, 3.63) is 63.9 Å². The lowest BCUT2D eigenvalue weighted by atomic mass is 10.1. The normalized spacial score (nSPS) is 24.1. The quantitative estimate of drug-likeness (QED) is 0.675. The van der Waals surface area contributed by atoms with Crippen molar-refractivity contribution >= 4 is 61.6 Å². The number of carbonyl (C=O) groups is 1. The van der Waals surface area contributed by atoms with Gasteiger partial charge in [0.2, 0.25) is 0 Å². The fourth-order valence-electron chi connectivity index (χ4n) is 3.45. The maximum atomic E-state index is 14.0. The molecule has 2 aliphatic heterocycles. The monoisotopic (exact) mass is 472 g/mol. The van der Waals surface area contributed by atoms with Gasteiger partial charge in [0, 0.05) is 16.0 Å². The minimum absolute atomic E-state index is 0.00731. The number of amidine groups is 1. The second-order valence-electron chi connectivity index (χ2n) is 6.83. The topological polar surface area (TPSA) is 66.8 Å². The predicted molar refractivity (Wildman–Crippen MR) is 115 cm³/mol. The Morgan fingerprint density at radius 2 is 1.93 bits per heavy atom. The van der Waals surface area contributed by atoms with Gasteiger partial charge >= 0.3 is 0 Å². The summed E-state index contributed by atoms with van der Waals surface area (Å²) in [5, 5.41) is 0.517. The number of aliphatic imine (C=N–C) groups is 1. The minimum Gasteiger partial charge on any atom is -0.315 e. The van der Waals surface area contributed by atoms with Crippen molar-refractivity contribution in [2.24, 2.45) is 4.99 Å². The fraction of sp³-hybridized carbons (Fsp3) is 0.263. The summed E-state index contributed by atoms with van der Waals surface area (Å²) in [5.74, 6) is -1.12. The van der Waals surface area contributed by atoms with Gasteiger partial charge in [-0.2, -0.15) is 4.99 Å². The van der Waals surface area contributed by atoms with Crippen LogP contribution < -0.4 is 4.90 Å². The lowest BCUT2D eigenvalue weighted by molar-refractivity contribution is -0.117. The summed E-state index contributed by atoms with van der Waals surface area (Å²) in [7, 11) is -3.21. The number of nitrogens with zero attached hydrogens (tertiary/aromatic N) is 2. The molecule has 152 valence electrons. The van der Waals surface area contributed by atoms with Crippen molar-refractivity contribution in [1.29, 1.82) is 0 Å². The molecule has 5 nitrogen and oxygen atoms in total. The lowest BCUT2D eigenvalue weighted by Crippen LogP contribution is -2.37. The second kappa shape index (κ2) is 7.91. The van der Waals surface area contributed by atoms with Crippen molar-refractivity contribution in [2.45, 2.75) is 17.7 Å². The zero-order valence-corrected chi connectivity index (χ0v) is 18.0. The maximum absolute atomic E-state index is 14.0. The molecule has 0 bridgehead atoms. The largest absolute Gasteiger partial charge is 0.315 e. The summed E-state index contributed by atoms with van der Waals surface area (Å²) in [6.45, 7) is 0. The summed E-state index contributed by atoms with van der Waals surface area (Å²) in [5.41, 5.74) is 1.06. The molecule has 4 rings (SSSR count). The third-order valence-electron chi connectivity index (χ3n) is 4.77. The summed E-state index contributed by atoms with van der Waals surface area (Å²) >= 11 is 13.1. The van der Waals surface area contributed by atoms with Gasteiger partial charge in [0.1, 0.15) is 5.82 Å². The van der Waals surface area contributed by atoms with Crippen LogP contribution in [0.1, 0.15) is 5.56 Å². The van der Waals surface area contributed by atoms with Crippen LogP contribution in [0, 0.1) is 5.82 Å². The van der Waals surface area contributed by atoms with Crippen LogP contribution in [0.4, 0.5) is 10.1 Å². The van der Waals surface area contributed by atoms with Gasteiger partial charge in [-0.15, -0.1) is 0 Å². The first kappa shape index (κ1) is 20.7. The molecule has 2 aromatic carbocycles. The van der Waals surface area contributed by atoms with Crippen molar-refractivity contribution in [2.75, 3.05) is 16.4 Å². The molecule has 0 spiro atoms. The number of thioether (sulfide) groups is 1. The molecule has 2 atom stereocenters. The van der Waals surface area contributed by atoms with Crippen molar-refractivity contribution in [1.82, 2.24) is 0 Å². The Morgan fingerprint density at radius 1 is 1.17 bits per heavy atom. The van der Waals surface area contributed by atoms with Crippen LogP contribution in [0.5, 0.6) is 0 Å². The van der Waals surface area contributed by atoms with Crippen LogP contribution in [0.2, 0.25) is 10.0 Å². The first-order valence-corrected chi connectivity index (χ1v) is 12.2. The van der Waals surface area contributed by atoms with Gasteiger partial charge in [-0.25, -0.2) is 12.8 Å². The SMILES string of the molecule is O=C(Cc1ccccc1Cl)N=C1SC2CS(=O)(=O)CC2N1c1ccc(Cl)c(F)c1. The molecule has 0 aromatic heterocycles. The lowest BCUT2D eigenvalue weighted by Gasteiger charge is -2.24. The van der Waals surface area contributed by atoms with Gasteiger partial charge in [-0.05, 0) is 29.8 Å². The second-order valence-corrected chi connectivity index (χ2v) is 11.0. The van der Waals surface area contributed by atoms with E-state index in [1.165, 1.54) is 23.9 Å². The van der Waals surface area contributed by atoms with E-state index in [9.17, 15) is 17.6 Å². The van der Waals surface area contributed by atoms with E-state index in [0.717, 1.165) is 0 Å². The molecule has 2 fully saturated rings. The minimum atomic E-state index is -3.21. The van der Waals surface area contributed by atoms with Crippen molar-refractivity contribution < 1.29 is 17.6 Å². The molecule has 2 aromatic rings. The summed E-state index contributed by atoms with van der Waals surface area (Å²) < 4.78 is 38.2. The number of hydrogen-bond donors (Lipinski definition) is 0. The van der Waals surface area contributed by atoms with Crippen molar-refractivity contribution in [3.8, 4) is 0 Å². The highest BCUT2D eigenvalue weighted by Gasteiger charge is 2.49. The number of carbonyl (C=O) groups excluding carboxylic acids is 1. The van der Waals surface area contributed by atoms with E-state index in [0.29, 0.717) is 21.4 Å². The Kier molecular flexibility index (Phi) is 5.63. The summed E-state index contributed by atoms with van der Waals surface area (Å²) in [6, 6.07) is 10.8. The third kappa shape index (κ3) is 4.30. The number of amides is 1. The van der Waals surface area contributed by atoms with E-state index in [4.69, 9.17) is 23.2 Å². The molecule has 2 unspecified atom stereocenters. The molecule has 1 amide bonds. The highest BCUT2D eigenvalue weighted by molar-refractivity contribution is 8.16. The van der Waals surface area contributed by atoms with Crippen LogP contribution in [0.25, 0.3) is 0 Å². The zero-order chi connectivity index (χ0) is 20.8. The Bertz CT molecular complexity index is 1120. The average Bonchev–Trinajstić information content (AvgIpc) is 3.10. The van der Waals surface area contributed by atoms with E-state index < -0.39 is 27.6 Å². The molecule has 0 radical (unpaired) electrons. The van der Waals surface area contributed by atoms with Crippen LogP contribution in [-0.2, 0) is 21.1 Å². The van der Waals surface area contributed by atoms with E-state index in [1.54, 1.807) is 35.2 Å². The molecular formula is C19H15Cl2FN2O3S2. The Hall–Kier alpha value is -1.61. The van der Waals surface area contributed by atoms with E-state index in [-0.39, 0.29) is 28.2 Å². The predicted octanol–water partition coefficient (Wildman–Crippen LogP) is 3.98. The van der Waals surface area contributed by atoms with Crippen LogP contribution in [0.3, 0.4) is 0 Å². The molecular weight excluding hydrogens is 458 g/mol. The Morgan fingerprint density at radius 3 is 2.66 bits per heavy atom. The number of hydrogen-bond acceptors (Lipinski definition) is 4. The first-order chi connectivity index (χ1) is 13.7. The molecule has 2 saturated heterocycles. The number of benzene rings is 2. The first-order valence-electron chi connectivity index (χ1n) is 8.70. The van der Waals surface area contributed by atoms with Gasteiger partial charge < -0.3 is 4.90 Å². The molecule has 2 heterocycles. The van der Waals surface area contributed by atoms with Crippen LogP contribution in [-0.4, -0.2) is 42.3 Å². The number of rotatable bonds is 3. The average molecular weight is 473 g/mol. The fourth-order valence-corrected chi connectivity index (χ4v) is 7.70. The molecule has 10 heteroatoms. The van der Waals surface area contributed by atoms with Crippen LogP contribution in [0.15, 0.2) is 47.5 Å².